The van der Waals surface area contributed by atoms with Gasteiger partial charge in [-0.05, 0) is 179 Å². The van der Waals surface area contributed by atoms with E-state index >= 15 is 0 Å². The van der Waals surface area contributed by atoms with Crippen LogP contribution in [0.2, 0.25) is 0 Å². The van der Waals surface area contributed by atoms with E-state index in [0.29, 0.717) is 47.7 Å². The Kier molecular flexibility index (Phi) is 33.3. The predicted octanol–water partition coefficient (Wildman–Crippen LogP) is 13.0. The normalized spacial score (nSPS) is 13.6. The molecule has 5 aromatic heterocycles. The van der Waals surface area contributed by atoms with Crippen molar-refractivity contribution >= 4 is 86.3 Å². The third-order valence-corrected chi connectivity index (χ3v) is 18.3. The highest BCUT2D eigenvalue weighted by atomic mass is 127. The lowest BCUT2D eigenvalue weighted by Gasteiger charge is -2.22. The van der Waals surface area contributed by atoms with Gasteiger partial charge in [-0.3, -0.25) is 52.8 Å². The number of benzene rings is 6. The van der Waals surface area contributed by atoms with Crippen molar-refractivity contribution in [3.63, 3.8) is 0 Å². The minimum atomic E-state index is -5.02. The molecule has 0 radical (unpaired) electrons. The number of aliphatic hydroxyl groups is 5. The van der Waals surface area contributed by atoms with Gasteiger partial charge >= 0.3 is 30.9 Å². The Bertz CT molecular complexity index is 6200. The van der Waals surface area contributed by atoms with Crippen LogP contribution in [0.1, 0.15) is 95.8 Å². The quantitative estimate of drug-likeness (QED) is 0.0130. The predicted molar refractivity (Wildman–Crippen MR) is 435 cm³/mol. The lowest BCUT2D eigenvalue weighted by atomic mass is 10.0. The monoisotopic (exact) mass is 1990 g/mol. The van der Waals surface area contributed by atoms with Gasteiger partial charge in [0, 0.05) is 58.7 Å². The zero-order valence-electron chi connectivity index (χ0n) is 68.7. The standard InChI is InChI=1S/C20H15F4N5O2.C16H12F3N5O2.C16H15F3N4O2.C15H12F3IN4O2.C14H12F4N4O4/c1-19(31,11-29-10-17(27-28-29)12-2-5-14(21)6-3-12)18(30)26-15-7-4-13(9-25)16(8-15)20(22,23)24;1-15(26,9-24-8-10(5-20)7-22-24)14(25)23-12-3-2-11(6-21)13(4-12)16(17,18)19;1-10-7-21-23(8-10)9-15(2,25)14(24)22-12-4-3-11(6-20)13(5-12)16(17,18)19;1-14(25,8-23-7-10(19)6-21-23)13(24)22-11-3-2-9(5-20)12(4-11)15(16,17)18;1-13(24,7-21-6-8(15)5-19-21)12(23)20-9-2-3-11(22(25)26)10(4-9)14(16,17)18/h2-8,10,31H,11H2,1H3,(H,26,30);2-4,7-8,26H,9H2,1H3,(H,23,25);3-5,7-8,25H,9H2,1-2H3,(H,22,24);2-4,6-7,25H,8H2,1H3,(H,22,24);2-6,24H,7H2,1H3,(H,20,23)/t19-;2*15-;14-;13-/m00000/s1. The third kappa shape index (κ3) is 29.7. The summed E-state index contributed by atoms with van der Waals surface area (Å²) in [4.78, 5) is 70.7. The summed E-state index contributed by atoms with van der Waals surface area (Å²) < 4.78 is 227. The number of amides is 5. The fraction of sp³-hybridized carbons (Fsp3) is 0.259. The van der Waals surface area contributed by atoms with Gasteiger partial charge in [0.1, 0.15) is 23.1 Å². The zero-order valence-corrected chi connectivity index (χ0v) is 70.9. The van der Waals surface area contributed by atoms with E-state index in [0.717, 1.165) is 94.1 Å². The van der Waals surface area contributed by atoms with E-state index in [4.69, 9.17) is 26.3 Å². The van der Waals surface area contributed by atoms with E-state index in [1.165, 1.54) is 113 Å². The summed E-state index contributed by atoms with van der Waals surface area (Å²) >= 11 is 2.01. The Morgan fingerprint density at radius 1 is 0.391 bits per heavy atom. The van der Waals surface area contributed by atoms with Gasteiger partial charge in [-0.2, -0.15) is 113 Å². The van der Waals surface area contributed by atoms with Crippen molar-refractivity contribution in [2.75, 3.05) is 26.6 Å². The van der Waals surface area contributed by atoms with E-state index in [2.05, 4.69) is 52.0 Å². The van der Waals surface area contributed by atoms with Gasteiger partial charge in [0.15, 0.2) is 33.8 Å². The second kappa shape index (κ2) is 42.2. The van der Waals surface area contributed by atoms with Gasteiger partial charge in [-0.25, -0.2) is 13.5 Å². The number of nitrogens with zero attached hydrogens (tertiary/aromatic N) is 17. The van der Waals surface area contributed by atoms with Crippen LogP contribution >= 0.6 is 22.6 Å². The Labute approximate surface area is 751 Å². The van der Waals surface area contributed by atoms with Crippen LogP contribution in [0.3, 0.4) is 0 Å². The molecule has 52 heteroatoms. The summed E-state index contributed by atoms with van der Waals surface area (Å²) in [5.41, 5.74) is -18.9. The molecule has 5 atom stereocenters. The zero-order chi connectivity index (χ0) is 99.7. The molecule has 0 saturated carbocycles. The molecule has 0 saturated heterocycles. The number of alkyl halides is 15. The SMILES string of the molecule is C[C@](O)(Cn1cc(-c2ccc(F)cc2)nn1)C(=O)Nc1ccc(C#N)c(C(F)(F)F)c1.C[C@](O)(Cn1cc(C#N)cn1)C(=O)Nc1ccc(C#N)c(C(F)(F)F)c1.C[C@](O)(Cn1cc(F)cn1)C(=O)Nc1ccc([N+](=O)[O-])c(C(F)(F)F)c1.C[C@](O)(Cn1cc(I)cn1)C(=O)Nc1ccc(C#N)c(C(F)(F)F)c1.Cc1cnn(C[C@](C)(O)C(=O)Nc2ccc(C#N)c(C(F)(F)F)c2)c1. The molecule has 0 fully saturated rings. The largest absolute Gasteiger partial charge is 0.423 e. The molecule has 0 unspecified atom stereocenters. The molecule has 0 bridgehead atoms. The maximum atomic E-state index is 13.1. The molecule has 6 aromatic carbocycles. The molecule has 133 heavy (non-hydrogen) atoms. The van der Waals surface area contributed by atoms with Crippen LogP contribution in [-0.4, -0.2) is 142 Å². The number of nitriles is 5. The first-order chi connectivity index (χ1) is 61.5. The molecule has 0 aliphatic heterocycles. The molecule has 10 N–H and O–H groups in total. The van der Waals surface area contributed by atoms with Crippen molar-refractivity contribution in [1.82, 2.24) is 54.1 Å². The highest BCUT2D eigenvalue weighted by molar-refractivity contribution is 14.1. The molecule has 698 valence electrons. The topological polar surface area (TPSA) is 511 Å². The van der Waals surface area contributed by atoms with Gasteiger partial charge in [-0.1, -0.05) is 5.21 Å². The van der Waals surface area contributed by atoms with Gasteiger partial charge in [0.05, 0.1) is 153 Å². The van der Waals surface area contributed by atoms with E-state index in [1.54, 1.807) is 25.5 Å². The minimum absolute atomic E-state index is 0.172. The minimum Gasteiger partial charge on any atom is -0.378 e. The molecular formula is C81H66F17IN22O12. The first-order valence-electron chi connectivity index (χ1n) is 37.0. The molecule has 11 rings (SSSR count). The molecule has 0 aliphatic carbocycles. The number of rotatable bonds is 22. The Morgan fingerprint density at radius 3 is 0.977 bits per heavy atom. The molecule has 0 aliphatic rings. The van der Waals surface area contributed by atoms with Crippen LogP contribution < -0.4 is 26.6 Å². The second-order valence-electron chi connectivity index (χ2n) is 29.4. The number of nitrogens with one attached hydrogen (secondary N) is 5. The van der Waals surface area contributed by atoms with Gasteiger partial charge < -0.3 is 52.1 Å². The summed E-state index contributed by atoms with van der Waals surface area (Å²) in [6.45, 7) is 6.13. The van der Waals surface area contributed by atoms with Crippen molar-refractivity contribution in [2.24, 2.45) is 0 Å². The number of halogens is 18. The molecule has 5 heterocycles. The Hall–Kier alpha value is -15.2. The van der Waals surface area contributed by atoms with Crippen LogP contribution in [0, 0.1) is 88.9 Å². The summed E-state index contributed by atoms with van der Waals surface area (Å²) in [6.07, 6.45) is -12.0. The fourth-order valence-corrected chi connectivity index (χ4v) is 11.6. The second-order valence-corrected chi connectivity index (χ2v) is 30.6. The number of hydrogen-bond acceptors (Lipinski definition) is 23. The average Bonchev–Trinajstić information content (AvgIpc) is 1.80. The highest BCUT2D eigenvalue weighted by Gasteiger charge is 2.43. The number of anilines is 5. The number of hydrogen-bond donors (Lipinski definition) is 10. The fourth-order valence-electron chi connectivity index (χ4n) is 11.1. The van der Waals surface area contributed by atoms with E-state index in [-0.39, 0.29) is 54.5 Å². The summed E-state index contributed by atoms with van der Waals surface area (Å²) in [7, 11) is 0. The number of aryl methyl sites for hydroxylation is 1. The Balaban J connectivity index is 0.000000228. The van der Waals surface area contributed by atoms with Gasteiger partial charge in [-0.15, -0.1) is 5.10 Å². The lowest BCUT2D eigenvalue weighted by molar-refractivity contribution is -0.388. The summed E-state index contributed by atoms with van der Waals surface area (Å²) in [6, 6.07) is 25.9. The number of nitro groups is 1. The van der Waals surface area contributed by atoms with Crippen molar-refractivity contribution in [3.8, 4) is 41.6 Å². The van der Waals surface area contributed by atoms with E-state index in [1.807, 2.05) is 34.0 Å². The molecular weight excluding hydrogens is 1920 g/mol. The van der Waals surface area contributed by atoms with Crippen molar-refractivity contribution in [3.05, 3.63) is 258 Å². The summed E-state index contributed by atoms with van der Waals surface area (Å²) in [5.74, 6) is -5.96. The van der Waals surface area contributed by atoms with Crippen LogP contribution in [0.25, 0.3) is 11.3 Å². The van der Waals surface area contributed by atoms with E-state index in [9.17, 15) is 134 Å². The van der Waals surface area contributed by atoms with Crippen LogP contribution in [-0.2, 0) is 87.6 Å². The van der Waals surface area contributed by atoms with Crippen molar-refractivity contribution in [2.45, 2.75) is 133 Å². The number of aromatic nitrogens is 11. The average molecular weight is 1990 g/mol. The first-order valence-corrected chi connectivity index (χ1v) is 38.0. The van der Waals surface area contributed by atoms with Crippen LogP contribution in [0.4, 0.5) is 109 Å². The molecule has 34 nitrogen and oxygen atoms in total. The number of nitro benzene ring substituents is 1. The number of carbonyl (C=O) groups excluding carboxylic acids is 5. The lowest BCUT2D eigenvalue weighted by Crippen LogP contribution is -2.43. The third-order valence-electron chi connectivity index (χ3n) is 17.8. The van der Waals surface area contributed by atoms with Gasteiger partial charge in [0.25, 0.3) is 35.2 Å². The Morgan fingerprint density at radius 2 is 0.692 bits per heavy atom. The summed E-state index contributed by atoms with van der Waals surface area (Å²) in [5, 5.41) is 140. The molecule has 0 spiro atoms. The van der Waals surface area contributed by atoms with Crippen molar-refractivity contribution < 1.29 is 129 Å². The van der Waals surface area contributed by atoms with Crippen LogP contribution in [0.5, 0.6) is 0 Å². The maximum absolute atomic E-state index is 13.1. The van der Waals surface area contributed by atoms with E-state index < -0.39 is 173 Å². The maximum Gasteiger partial charge on any atom is 0.423 e. The molecule has 11 aromatic rings. The van der Waals surface area contributed by atoms with Crippen molar-refractivity contribution in [1.29, 1.82) is 26.3 Å². The molecule has 5 amide bonds. The van der Waals surface area contributed by atoms with Crippen LogP contribution in [0.15, 0.2) is 171 Å². The first kappa shape index (κ1) is 105. The highest BCUT2D eigenvalue weighted by Crippen LogP contribution is 2.41. The smallest absolute Gasteiger partial charge is 0.378 e. The van der Waals surface area contributed by atoms with Gasteiger partial charge in [0.2, 0.25) is 0 Å². The number of carbonyl (C=O) groups is 5.